The van der Waals surface area contributed by atoms with E-state index in [-0.39, 0.29) is 6.04 Å². The van der Waals surface area contributed by atoms with Crippen LogP contribution in [0.1, 0.15) is 29.9 Å². The maximum Gasteiger partial charge on any atom is 0.155 e. The molecular weight excluding hydrogens is 240 g/mol. The summed E-state index contributed by atoms with van der Waals surface area (Å²) in [7, 11) is 0. The summed E-state index contributed by atoms with van der Waals surface area (Å²) in [6.45, 7) is 6.13. The minimum Gasteiger partial charge on any atom is -0.376 e. The van der Waals surface area contributed by atoms with E-state index < -0.39 is 0 Å². The molecule has 1 atom stereocenters. The Kier molecular flexibility index (Phi) is 2.70. The highest BCUT2D eigenvalue weighted by atomic mass is 15.3. The molecule has 19 heavy (non-hydrogen) atoms. The lowest BCUT2D eigenvalue weighted by Gasteiger charge is -2.16. The van der Waals surface area contributed by atoms with Gasteiger partial charge in [-0.3, -0.25) is 5.10 Å². The van der Waals surface area contributed by atoms with Crippen LogP contribution in [-0.2, 0) is 0 Å². The van der Waals surface area contributed by atoms with E-state index in [1.54, 1.807) is 6.20 Å². The molecule has 1 unspecified atom stereocenters. The smallest absolute Gasteiger partial charge is 0.155 e. The summed E-state index contributed by atoms with van der Waals surface area (Å²) in [5.41, 5.74) is 5.04. The summed E-state index contributed by atoms with van der Waals surface area (Å²) in [6.07, 6.45) is 5.50. The molecule has 6 heteroatoms. The predicted molar refractivity (Wildman–Crippen MR) is 73.1 cm³/mol. The number of H-pyrrole nitrogens is 1. The summed E-state index contributed by atoms with van der Waals surface area (Å²) in [4.78, 5) is 4.45. The topological polar surface area (TPSA) is 70.9 Å². The van der Waals surface area contributed by atoms with E-state index in [0.717, 1.165) is 28.3 Å². The predicted octanol–water partition coefficient (Wildman–Crippen LogP) is 2.24. The minimum absolute atomic E-state index is 0.138. The molecular formula is C13H16N6. The lowest BCUT2D eigenvalue weighted by molar-refractivity contribution is 0.798. The maximum atomic E-state index is 4.46. The zero-order valence-corrected chi connectivity index (χ0v) is 11.2. The molecule has 98 valence electrons. The Bertz CT molecular complexity index is 697. The lowest BCUT2D eigenvalue weighted by Crippen LogP contribution is -2.11. The fourth-order valence-corrected chi connectivity index (χ4v) is 2.26. The SMILES string of the molecule is Cc1cc2ncc(C(C)Nc3cn[nH]c3)c(C)n2n1. The molecule has 3 aromatic heterocycles. The second kappa shape index (κ2) is 4.38. The first-order valence-electron chi connectivity index (χ1n) is 6.22. The lowest BCUT2D eigenvalue weighted by atomic mass is 10.1. The van der Waals surface area contributed by atoms with Gasteiger partial charge < -0.3 is 5.32 Å². The molecule has 0 aromatic carbocycles. The number of nitrogens with zero attached hydrogens (tertiary/aromatic N) is 4. The van der Waals surface area contributed by atoms with Crippen molar-refractivity contribution in [1.29, 1.82) is 0 Å². The van der Waals surface area contributed by atoms with Crippen LogP contribution in [0.5, 0.6) is 0 Å². The van der Waals surface area contributed by atoms with Crippen LogP contribution < -0.4 is 5.32 Å². The highest BCUT2D eigenvalue weighted by molar-refractivity contribution is 5.45. The van der Waals surface area contributed by atoms with Gasteiger partial charge in [-0.2, -0.15) is 10.2 Å². The molecule has 0 amide bonds. The van der Waals surface area contributed by atoms with E-state index in [1.165, 1.54) is 0 Å². The number of hydrogen-bond donors (Lipinski definition) is 2. The molecule has 0 bridgehead atoms. The number of aromatic nitrogens is 5. The maximum absolute atomic E-state index is 4.46. The van der Waals surface area contributed by atoms with Crippen LogP contribution in [0.2, 0.25) is 0 Å². The van der Waals surface area contributed by atoms with Crippen molar-refractivity contribution in [2.75, 3.05) is 5.32 Å². The quantitative estimate of drug-likeness (QED) is 0.754. The number of hydrogen-bond acceptors (Lipinski definition) is 4. The van der Waals surface area contributed by atoms with E-state index in [2.05, 4.69) is 39.4 Å². The number of aryl methyl sites for hydroxylation is 2. The molecule has 0 aliphatic rings. The van der Waals surface area contributed by atoms with E-state index >= 15 is 0 Å². The van der Waals surface area contributed by atoms with Crippen LogP contribution >= 0.6 is 0 Å². The Balaban J connectivity index is 1.97. The number of anilines is 1. The highest BCUT2D eigenvalue weighted by Crippen LogP contribution is 2.21. The molecule has 0 aliphatic carbocycles. The number of rotatable bonds is 3. The molecule has 3 aromatic rings. The van der Waals surface area contributed by atoms with E-state index in [1.807, 2.05) is 29.9 Å². The molecule has 3 heterocycles. The summed E-state index contributed by atoms with van der Waals surface area (Å²) >= 11 is 0. The number of aromatic amines is 1. The largest absolute Gasteiger partial charge is 0.376 e. The average molecular weight is 256 g/mol. The van der Waals surface area contributed by atoms with Crippen LogP contribution in [0.3, 0.4) is 0 Å². The third-order valence-electron chi connectivity index (χ3n) is 3.23. The summed E-state index contributed by atoms with van der Waals surface area (Å²) in [6, 6.07) is 2.12. The van der Waals surface area contributed by atoms with E-state index in [4.69, 9.17) is 0 Å². The second-order valence-corrected chi connectivity index (χ2v) is 4.71. The molecule has 0 spiro atoms. The molecule has 0 aliphatic heterocycles. The Hall–Kier alpha value is -2.37. The molecule has 0 fully saturated rings. The molecule has 2 N–H and O–H groups in total. The Morgan fingerprint density at radius 2 is 2.16 bits per heavy atom. The summed E-state index contributed by atoms with van der Waals surface area (Å²) in [5, 5.41) is 14.5. The van der Waals surface area contributed by atoms with Crippen LogP contribution in [0.25, 0.3) is 5.65 Å². The van der Waals surface area contributed by atoms with Gasteiger partial charge in [-0.25, -0.2) is 9.50 Å². The van der Waals surface area contributed by atoms with Crippen molar-refractivity contribution in [3.63, 3.8) is 0 Å². The van der Waals surface area contributed by atoms with Crippen LogP contribution in [0.4, 0.5) is 5.69 Å². The van der Waals surface area contributed by atoms with Gasteiger partial charge in [0.1, 0.15) is 0 Å². The van der Waals surface area contributed by atoms with Crippen molar-refractivity contribution in [3.8, 4) is 0 Å². The van der Waals surface area contributed by atoms with Crippen LogP contribution in [-0.4, -0.2) is 24.8 Å². The first-order valence-corrected chi connectivity index (χ1v) is 6.22. The summed E-state index contributed by atoms with van der Waals surface area (Å²) < 4.78 is 1.89. The Morgan fingerprint density at radius 1 is 1.32 bits per heavy atom. The number of fused-ring (bicyclic) bond motifs is 1. The van der Waals surface area contributed by atoms with Gasteiger partial charge in [0.25, 0.3) is 0 Å². The normalized spacial score (nSPS) is 12.8. The number of nitrogens with one attached hydrogen (secondary N) is 2. The van der Waals surface area contributed by atoms with Crippen molar-refractivity contribution in [2.45, 2.75) is 26.8 Å². The van der Waals surface area contributed by atoms with E-state index in [0.29, 0.717) is 0 Å². The zero-order chi connectivity index (χ0) is 13.4. The third-order valence-corrected chi connectivity index (χ3v) is 3.23. The van der Waals surface area contributed by atoms with Crippen molar-refractivity contribution in [3.05, 3.63) is 41.6 Å². The fraction of sp³-hybridized carbons (Fsp3) is 0.308. The van der Waals surface area contributed by atoms with Gasteiger partial charge in [0.15, 0.2) is 5.65 Å². The van der Waals surface area contributed by atoms with Gasteiger partial charge in [-0.15, -0.1) is 0 Å². The van der Waals surface area contributed by atoms with Gasteiger partial charge >= 0.3 is 0 Å². The third kappa shape index (κ3) is 2.05. The molecule has 6 nitrogen and oxygen atoms in total. The van der Waals surface area contributed by atoms with Gasteiger partial charge in [0.2, 0.25) is 0 Å². The first-order chi connectivity index (χ1) is 9.15. The monoisotopic (exact) mass is 256 g/mol. The highest BCUT2D eigenvalue weighted by Gasteiger charge is 2.13. The Morgan fingerprint density at radius 3 is 2.89 bits per heavy atom. The van der Waals surface area contributed by atoms with Gasteiger partial charge in [-0.1, -0.05) is 0 Å². The van der Waals surface area contributed by atoms with E-state index in [9.17, 15) is 0 Å². The van der Waals surface area contributed by atoms with Crippen molar-refractivity contribution in [1.82, 2.24) is 24.8 Å². The van der Waals surface area contributed by atoms with Gasteiger partial charge in [-0.05, 0) is 20.8 Å². The molecule has 3 rings (SSSR count). The molecule has 0 radical (unpaired) electrons. The van der Waals surface area contributed by atoms with Gasteiger partial charge in [0, 0.05) is 29.7 Å². The Labute approximate surface area is 110 Å². The second-order valence-electron chi connectivity index (χ2n) is 4.71. The zero-order valence-electron chi connectivity index (χ0n) is 11.2. The van der Waals surface area contributed by atoms with Crippen LogP contribution in [0, 0.1) is 13.8 Å². The molecule has 0 saturated carbocycles. The van der Waals surface area contributed by atoms with Crippen molar-refractivity contribution in [2.24, 2.45) is 0 Å². The minimum atomic E-state index is 0.138. The molecule has 0 saturated heterocycles. The van der Waals surface area contributed by atoms with Crippen molar-refractivity contribution >= 4 is 11.3 Å². The summed E-state index contributed by atoms with van der Waals surface area (Å²) in [5.74, 6) is 0. The standard InChI is InChI=1S/C13H16N6/c1-8-4-13-14-7-12(10(3)19(13)18-8)9(2)17-11-5-15-16-6-11/h4-7,9,17H,1-3H3,(H,15,16). The fourth-order valence-electron chi connectivity index (χ4n) is 2.26. The van der Waals surface area contributed by atoms with Gasteiger partial charge in [0.05, 0.1) is 23.6 Å². The first kappa shape index (κ1) is 11.7. The van der Waals surface area contributed by atoms with Crippen molar-refractivity contribution < 1.29 is 0 Å². The average Bonchev–Trinajstić information content (AvgIpc) is 2.98. The van der Waals surface area contributed by atoms with Crippen LogP contribution in [0.15, 0.2) is 24.7 Å².